The van der Waals surface area contributed by atoms with Gasteiger partial charge in [0.05, 0.1) is 0 Å². The number of fused-ring (bicyclic) bond motifs is 1. The Hall–Kier alpha value is -2.64. The lowest BCUT2D eigenvalue weighted by Gasteiger charge is -2.26. The Balaban J connectivity index is 1.47. The van der Waals surface area contributed by atoms with E-state index in [9.17, 15) is 13.6 Å². The highest BCUT2D eigenvalue weighted by molar-refractivity contribution is 5.92. The Morgan fingerprint density at radius 1 is 1.35 bits per heavy atom. The van der Waals surface area contributed by atoms with Gasteiger partial charge in [-0.15, -0.1) is 0 Å². The lowest BCUT2D eigenvalue weighted by molar-refractivity contribution is 0.0559. The summed E-state index contributed by atoms with van der Waals surface area (Å²) in [4.78, 5) is 11.8. The smallest absolute Gasteiger partial charge is 0.333 e. The molecule has 2 aromatic rings. The first-order valence-corrected chi connectivity index (χ1v) is 7.13. The second-order valence-corrected chi connectivity index (χ2v) is 5.00. The van der Waals surface area contributed by atoms with Crippen molar-refractivity contribution in [2.75, 3.05) is 13.2 Å². The number of halogens is 2. The lowest BCUT2D eigenvalue weighted by atomic mass is 10.2. The summed E-state index contributed by atoms with van der Waals surface area (Å²) < 4.78 is 36.6. The Morgan fingerprint density at radius 3 is 2.87 bits per heavy atom. The van der Waals surface area contributed by atoms with Gasteiger partial charge in [-0.05, 0) is 18.2 Å². The fourth-order valence-corrected chi connectivity index (χ4v) is 2.21. The first kappa shape index (κ1) is 15.3. The minimum Gasteiger partial charge on any atom is -0.486 e. The molecule has 1 aromatic heterocycles. The van der Waals surface area contributed by atoms with Gasteiger partial charge in [0.1, 0.15) is 18.4 Å². The van der Waals surface area contributed by atoms with Crippen LogP contribution in [0.3, 0.4) is 0 Å². The van der Waals surface area contributed by atoms with E-state index in [2.05, 4.69) is 10.4 Å². The zero-order chi connectivity index (χ0) is 16.2. The zero-order valence-electron chi connectivity index (χ0n) is 12.1. The Bertz CT molecular complexity index is 690. The number of hydrogen-bond donors (Lipinski definition) is 1. The largest absolute Gasteiger partial charge is 0.486 e. The van der Waals surface area contributed by atoms with E-state index in [1.165, 1.54) is 6.07 Å². The van der Waals surface area contributed by atoms with E-state index >= 15 is 0 Å². The molecular weight excluding hydrogens is 308 g/mol. The number of carbonyl (C=O) groups is 1. The fourth-order valence-electron chi connectivity index (χ4n) is 2.21. The predicted molar refractivity (Wildman–Crippen MR) is 76.8 cm³/mol. The summed E-state index contributed by atoms with van der Waals surface area (Å²) in [5, 5.41) is 6.13. The van der Waals surface area contributed by atoms with Crippen LogP contribution >= 0.6 is 0 Å². The summed E-state index contributed by atoms with van der Waals surface area (Å²) in [7, 11) is 0. The standard InChI is InChI=1S/C15H15F2N3O3/c16-15(17)20-8-6-11(19-20)14(21)18-7-5-10-9-22-12-3-1-2-4-13(12)23-10/h1-4,6,8,10,15H,5,7,9H2,(H,18,21). The molecule has 6 nitrogen and oxygen atoms in total. The van der Waals surface area contributed by atoms with E-state index in [0.717, 1.165) is 6.20 Å². The summed E-state index contributed by atoms with van der Waals surface area (Å²) in [6.07, 6.45) is 1.42. The van der Waals surface area contributed by atoms with Gasteiger partial charge in [0.2, 0.25) is 0 Å². The third kappa shape index (κ3) is 3.58. The van der Waals surface area contributed by atoms with Gasteiger partial charge in [-0.25, -0.2) is 4.68 Å². The maximum Gasteiger partial charge on any atom is 0.333 e. The molecule has 0 spiro atoms. The third-order valence-electron chi connectivity index (χ3n) is 3.36. The lowest BCUT2D eigenvalue weighted by Crippen LogP contribution is -2.34. The highest BCUT2D eigenvalue weighted by Crippen LogP contribution is 2.31. The number of rotatable bonds is 5. The monoisotopic (exact) mass is 323 g/mol. The van der Waals surface area contributed by atoms with Crippen molar-refractivity contribution in [2.24, 2.45) is 0 Å². The molecule has 1 aromatic carbocycles. The number of nitrogens with zero attached hydrogens (tertiary/aromatic N) is 2. The number of benzene rings is 1. The minimum absolute atomic E-state index is 0.0449. The van der Waals surface area contributed by atoms with Gasteiger partial charge < -0.3 is 14.8 Å². The van der Waals surface area contributed by atoms with Crippen LogP contribution in [0.25, 0.3) is 0 Å². The topological polar surface area (TPSA) is 65.4 Å². The molecule has 1 atom stereocenters. The van der Waals surface area contributed by atoms with E-state index in [0.29, 0.717) is 35.8 Å². The molecule has 3 rings (SSSR count). The van der Waals surface area contributed by atoms with Crippen molar-refractivity contribution in [1.82, 2.24) is 15.1 Å². The molecule has 0 fully saturated rings. The number of nitrogens with one attached hydrogen (secondary N) is 1. The third-order valence-corrected chi connectivity index (χ3v) is 3.36. The van der Waals surface area contributed by atoms with Gasteiger partial charge in [0, 0.05) is 19.2 Å². The Morgan fingerprint density at radius 2 is 2.13 bits per heavy atom. The highest BCUT2D eigenvalue weighted by Gasteiger charge is 2.20. The number of para-hydroxylation sites is 2. The summed E-state index contributed by atoms with van der Waals surface area (Å²) in [6.45, 7) is -2.03. The van der Waals surface area contributed by atoms with Gasteiger partial charge in [-0.1, -0.05) is 12.1 Å². The van der Waals surface area contributed by atoms with Crippen molar-refractivity contribution in [1.29, 1.82) is 0 Å². The van der Waals surface area contributed by atoms with E-state index in [1.54, 1.807) is 0 Å². The number of carbonyl (C=O) groups excluding carboxylic acids is 1. The van der Waals surface area contributed by atoms with Crippen molar-refractivity contribution in [2.45, 2.75) is 19.1 Å². The average molecular weight is 323 g/mol. The van der Waals surface area contributed by atoms with Crippen molar-refractivity contribution < 1.29 is 23.0 Å². The van der Waals surface area contributed by atoms with E-state index in [4.69, 9.17) is 9.47 Å². The SMILES string of the molecule is O=C(NCCC1COc2ccccc2O1)c1ccn(C(F)F)n1. The molecule has 1 aliphatic heterocycles. The normalized spacial score (nSPS) is 16.4. The second kappa shape index (κ2) is 6.64. The quantitative estimate of drug-likeness (QED) is 0.916. The van der Waals surface area contributed by atoms with Gasteiger partial charge in [-0.2, -0.15) is 13.9 Å². The summed E-state index contributed by atoms with van der Waals surface area (Å²) in [5.74, 6) is 0.873. The molecular formula is C15H15F2N3O3. The van der Waals surface area contributed by atoms with Crippen LogP contribution in [0.4, 0.5) is 8.78 Å². The summed E-state index contributed by atoms with van der Waals surface area (Å²) >= 11 is 0. The van der Waals surface area contributed by atoms with Crippen LogP contribution in [0.2, 0.25) is 0 Å². The second-order valence-electron chi connectivity index (χ2n) is 5.00. The molecule has 1 amide bonds. The van der Waals surface area contributed by atoms with E-state index < -0.39 is 12.5 Å². The molecule has 0 bridgehead atoms. The fraction of sp³-hybridized carbons (Fsp3) is 0.333. The molecule has 8 heteroatoms. The van der Waals surface area contributed by atoms with Gasteiger partial charge in [0.15, 0.2) is 11.5 Å². The molecule has 0 saturated heterocycles. The van der Waals surface area contributed by atoms with Crippen molar-refractivity contribution in [3.63, 3.8) is 0 Å². The van der Waals surface area contributed by atoms with Crippen LogP contribution in [0, 0.1) is 0 Å². The van der Waals surface area contributed by atoms with Crippen LogP contribution < -0.4 is 14.8 Å². The molecule has 0 saturated carbocycles. The number of alkyl halides is 2. The molecule has 1 unspecified atom stereocenters. The van der Waals surface area contributed by atoms with Crippen LogP contribution in [0.1, 0.15) is 23.5 Å². The van der Waals surface area contributed by atoms with Crippen molar-refractivity contribution in [3.8, 4) is 11.5 Å². The average Bonchev–Trinajstić information content (AvgIpc) is 3.05. The summed E-state index contributed by atoms with van der Waals surface area (Å²) in [5.41, 5.74) is -0.0449. The first-order chi connectivity index (χ1) is 11.1. The minimum atomic E-state index is -2.76. The molecule has 23 heavy (non-hydrogen) atoms. The van der Waals surface area contributed by atoms with Crippen LogP contribution in [-0.4, -0.2) is 34.9 Å². The number of ether oxygens (including phenoxy) is 2. The first-order valence-electron chi connectivity index (χ1n) is 7.13. The maximum absolute atomic E-state index is 12.4. The van der Waals surface area contributed by atoms with Crippen molar-refractivity contribution in [3.05, 3.63) is 42.2 Å². The molecule has 0 radical (unpaired) electrons. The van der Waals surface area contributed by atoms with Gasteiger partial charge in [0.25, 0.3) is 5.91 Å². The predicted octanol–water partition coefficient (Wildman–Crippen LogP) is 2.24. The van der Waals surface area contributed by atoms with Crippen LogP contribution in [-0.2, 0) is 0 Å². The highest BCUT2D eigenvalue weighted by atomic mass is 19.3. The number of aromatic nitrogens is 2. The molecule has 2 heterocycles. The van der Waals surface area contributed by atoms with Gasteiger partial charge in [-0.3, -0.25) is 4.79 Å². The summed E-state index contributed by atoms with van der Waals surface area (Å²) in [6, 6.07) is 8.61. The number of hydrogen-bond acceptors (Lipinski definition) is 4. The molecule has 0 aliphatic carbocycles. The molecule has 1 aliphatic rings. The number of amides is 1. The van der Waals surface area contributed by atoms with Crippen LogP contribution in [0.5, 0.6) is 11.5 Å². The van der Waals surface area contributed by atoms with Crippen LogP contribution in [0.15, 0.2) is 36.5 Å². The van der Waals surface area contributed by atoms with Gasteiger partial charge >= 0.3 is 6.55 Å². The maximum atomic E-state index is 12.4. The molecule has 122 valence electrons. The Kier molecular flexibility index (Phi) is 4.40. The Labute approximate surface area is 131 Å². The van der Waals surface area contributed by atoms with Crippen molar-refractivity contribution >= 4 is 5.91 Å². The van der Waals surface area contributed by atoms with E-state index in [-0.39, 0.29) is 11.8 Å². The zero-order valence-corrected chi connectivity index (χ0v) is 12.1. The van der Waals surface area contributed by atoms with E-state index in [1.807, 2.05) is 24.3 Å². The molecule has 1 N–H and O–H groups in total.